The van der Waals surface area contributed by atoms with Crippen molar-refractivity contribution in [3.05, 3.63) is 54.1 Å². The van der Waals surface area contributed by atoms with Crippen LogP contribution in [0, 0.1) is 0 Å². The number of hydrogen-bond donors (Lipinski definition) is 2. The number of hydrogen-bond acceptors (Lipinski definition) is 3. The number of urea groups is 1. The van der Waals surface area contributed by atoms with Crippen LogP contribution in [-0.2, 0) is 5.54 Å². The lowest BCUT2D eigenvalue weighted by molar-refractivity contribution is 0.247. The lowest BCUT2D eigenvalue weighted by Crippen LogP contribution is -2.38. The molecule has 24 heavy (non-hydrogen) atoms. The topological polar surface area (TPSA) is 59.6 Å². The minimum atomic E-state index is -0.262. The molecule has 2 aromatic rings. The molecule has 2 aromatic carbocycles. The Morgan fingerprint density at radius 2 is 1.67 bits per heavy atom. The van der Waals surface area contributed by atoms with Gasteiger partial charge in [-0.1, -0.05) is 12.1 Å². The normalized spacial score (nSPS) is 14.6. The molecular formula is C19H22N2O3. The summed E-state index contributed by atoms with van der Waals surface area (Å²) in [5.74, 6) is 1.61. The second kappa shape index (κ2) is 6.83. The van der Waals surface area contributed by atoms with Gasteiger partial charge in [-0.3, -0.25) is 0 Å². The standard InChI is InChI=1S/C19H22N2O3/c1-3-24-17-10-6-15(7-11-17)20-18(22)21-19(12-13-19)14-4-8-16(23-2)9-5-14/h4-11H,3,12-13H2,1-2H3,(H2,20,21,22). The van der Waals surface area contributed by atoms with E-state index in [-0.39, 0.29) is 11.6 Å². The van der Waals surface area contributed by atoms with Crippen molar-refractivity contribution in [1.82, 2.24) is 5.32 Å². The number of benzene rings is 2. The van der Waals surface area contributed by atoms with Gasteiger partial charge in [0.2, 0.25) is 0 Å². The number of methoxy groups -OCH3 is 1. The van der Waals surface area contributed by atoms with Crippen LogP contribution in [0.3, 0.4) is 0 Å². The maximum absolute atomic E-state index is 12.3. The van der Waals surface area contributed by atoms with E-state index in [9.17, 15) is 4.79 Å². The molecule has 0 spiro atoms. The molecule has 126 valence electrons. The highest BCUT2D eigenvalue weighted by atomic mass is 16.5. The summed E-state index contributed by atoms with van der Waals surface area (Å²) in [6.45, 7) is 2.56. The maximum atomic E-state index is 12.3. The number of anilines is 1. The van der Waals surface area contributed by atoms with E-state index in [2.05, 4.69) is 10.6 Å². The van der Waals surface area contributed by atoms with Crippen LogP contribution < -0.4 is 20.1 Å². The molecule has 0 heterocycles. The molecule has 3 rings (SSSR count). The summed E-state index contributed by atoms with van der Waals surface area (Å²) in [6, 6.07) is 15.0. The number of amides is 2. The van der Waals surface area contributed by atoms with Crippen molar-refractivity contribution in [2.45, 2.75) is 25.3 Å². The number of ether oxygens (including phenoxy) is 2. The lowest BCUT2D eigenvalue weighted by atomic mass is 10.1. The molecule has 5 nitrogen and oxygen atoms in total. The van der Waals surface area contributed by atoms with Crippen LogP contribution in [0.1, 0.15) is 25.3 Å². The van der Waals surface area contributed by atoms with Gasteiger partial charge in [-0.25, -0.2) is 4.79 Å². The van der Waals surface area contributed by atoms with Gasteiger partial charge < -0.3 is 20.1 Å². The first-order valence-corrected chi connectivity index (χ1v) is 8.12. The fraction of sp³-hybridized carbons (Fsp3) is 0.316. The van der Waals surface area contributed by atoms with Crippen LogP contribution >= 0.6 is 0 Å². The third-order valence-electron chi connectivity index (χ3n) is 4.17. The zero-order valence-corrected chi connectivity index (χ0v) is 14.0. The van der Waals surface area contributed by atoms with Crippen molar-refractivity contribution < 1.29 is 14.3 Å². The Balaban J connectivity index is 1.61. The summed E-state index contributed by atoms with van der Waals surface area (Å²) in [5.41, 5.74) is 1.58. The maximum Gasteiger partial charge on any atom is 0.319 e. The van der Waals surface area contributed by atoms with Crippen LogP contribution in [0.4, 0.5) is 10.5 Å². The zero-order chi connectivity index (χ0) is 17.0. The average molecular weight is 326 g/mol. The molecule has 0 atom stereocenters. The minimum absolute atomic E-state index is 0.201. The Labute approximate surface area is 142 Å². The van der Waals surface area contributed by atoms with E-state index >= 15 is 0 Å². The van der Waals surface area contributed by atoms with Crippen molar-refractivity contribution in [2.24, 2.45) is 0 Å². The summed E-state index contributed by atoms with van der Waals surface area (Å²) in [6.07, 6.45) is 1.88. The molecule has 1 saturated carbocycles. The van der Waals surface area contributed by atoms with Crippen LogP contribution in [0.25, 0.3) is 0 Å². The third-order valence-corrected chi connectivity index (χ3v) is 4.17. The first-order valence-electron chi connectivity index (χ1n) is 8.12. The smallest absolute Gasteiger partial charge is 0.319 e. The molecule has 0 bridgehead atoms. The van der Waals surface area contributed by atoms with Gasteiger partial charge in [0.1, 0.15) is 11.5 Å². The molecule has 2 N–H and O–H groups in total. The van der Waals surface area contributed by atoms with Gasteiger partial charge in [0, 0.05) is 5.69 Å². The van der Waals surface area contributed by atoms with Gasteiger partial charge in [0.05, 0.1) is 19.3 Å². The van der Waals surface area contributed by atoms with Crippen molar-refractivity contribution in [2.75, 3.05) is 19.0 Å². The molecule has 0 aliphatic heterocycles. The van der Waals surface area contributed by atoms with Crippen LogP contribution in [0.2, 0.25) is 0 Å². The number of rotatable bonds is 6. The van der Waals surface area contributed by atoms with Crippen LogP contribution in [0.5, 0.6) is 11.5 Å². The number of carbonyl (C=O) groups is 1. The molecule has 2 amide bonds. The SMILES string of the molecule is CCOc1ccc(NC(=O)NC2(c3ccc(OC)cc3)CC2)cc1. The zero-order valence-electron chi connectivity index (χ0n) is 14.0. The van der Waals surface area contributed by atoms with E-state index in [0.717, 1.165) is 35.6 Å². The van der Waals surface area contributed by atoms with Crippen molar-refractivity contribution in [3.63, 3.8) is 0 Å². The van der Waals surface area contributed by atoms with E-state index in [1.54, 1.807) is 7.11 Å². The first-order chi connectivity index (χ1) is 11.6. The summed E-state index contributed by atoms with van der Waals surface area (Å²) in [7, 11) is 1.64. The Morgan fingerprint density at radius 1 is 1.04 bits per heavy atom. The quantitative estimate of drug-likeness (QED) is 0.846. The lowest BCUT2D eigenvalue weighted by Gasteiger charge is -2.19. The second-order valence-electron chi connectivity index (χ2n) is 5.85. The van der Waals surface area contributed by atoms with Gasteiger partial charge in [0.15, 0.2) is 0 Å². The highest BCUT2D eigenvalue weighted by molar-refractivity contribution is 5.90. The van der Waals surface area contributed by atoms with E-state index < -0.39 is 0 Å². The molecule has 1 aliphatic rings. The molecule has 0 aromatic heterocycles. The molecular weight excluding hydrogens is 304 g/mol. The molecule has 1 fully saturated rings. The van der Waals surface area contributed by atoms with Crippen LogP contribution in [-0.4, -0.2) is 19.7 Å². The van der Waals surface area contributed by atoms with Crippen molar-refractivity contribution >= 4 is 11.7 Å². The summed E-state index contributed by atoms with van der Waals surface area (Å²) in [4.78, 5) is 12.3. The Hall–Kier alpha value is -2.69. The number of carbonyl (C=O) groups excluding carboxylic acids is 1. The van der Waals surface area contributed by atoms with Gasteiger partial charge in [-0.15, -0.1) is 0 Å². The predicted molar refractivity (Wildman–Crippen MR) is 93.7 cm³/mol. The van der Waals surface area contributed by atoms with Crippen molar-refractivity contribution in [1.29, 1.82) is 0 Å². The van der Waals surface area contributed by atoms with Crippen LogP contribution in [0.15, 0.2) is 48.5 Å². The Morgan fingerprint density at radius 3 is 2.21 bits per heavy atom. The van der Waals surface area contributed by atoms with Gasteiger partial charge in [-0.2, -0.15) is 0 Å². The number of nitrogens with one attached hydrogen (secondary N) is 2. The second-order valence-corrected chi connectivity index (χ2v) is 5.85. The summed E-state index contributed by atoms with van der Waals surface area (Å²) in [5, 5.41) is 5.96. The Kier molecular flexibility index (Phi) is 4.60. The summed E-state index contributed by atoms with van der Waals surface area (Å²) >= 11 is 0. The first kappa shape index (κ1) is 16.2. The minimum Gasteiger partial charge on any atom is -0.497 e. The largest absolute Gasteiger partial charge is 0.497 e. The summed E-state index contributed by atoms with van der Waals surface area (Å²) < 4.78 is 10.6. The van der Waals surface area contributed by atoms with E-state index in [1.165, 1.54) is 0 Å². The highest BCUT2D eigenvalue weighted by Gasteiger charge is 2.45. The van der Waals surface area contributed by atoms with E-state index in [0.29, 0.717) is 6.61 Å². The van der Waals surface area contributed by atoms with Crippen molar-refractivity contribution in [3.8, 4) is 11.5 Å². The van der Waals surface area contributed by atoms with Gasteiger partial charge in [0.25, 0.3) is 0 Å². The Bertz CT molecular complexity index is 692. The fourth-order valence-electron chi connectivity index (χ4n) is 2.70. The van der Waals surface area contributed by atoms with Gasteiger partial charge in [-0.05, 0) is 61.7 Å². The molecule has 0 saturated heterocycles. The third kappa shape index (κ3) is 3.62. The van der Waals surface area contributed by atoms with E-state index in [1.807, 2.05) is 55.5 Å². The monoisotopic (exact) mass is 326 g/mol. The molecule has 0 unspecified atom stereocenters. The fourth-order valence-corrected chi connectivity index (χ4v) is 2.70. The molecule has 1 aliphatic carbocycles. The molecule has 5 heteroatoms. The molecule has 0 radical (unpaired) electrons. The predicted octanol–water partition coefficient (Wildman–Crippen LogP) is 3.90. The highest BCUT2D eigenvalue weighted by Crippen LogP contribution is 2.45. The van der Waals surface area contributed by atoms with Gasteiger partial charge >= 0.3 is 6.03 Å². The van der Waals surface area contributed by atoms with E-state index in [4.69, 9.17) is 9.47 Å². The average Bonchev–Trinajstić information content (AvgIpc) is 3.37.